The van der Waals surface area contributed by atoms with Crippen LogP contribution >= 0.6 is 15.9 Å². The van der Waals surface area contributed by atoms with Crippen molar-refractivity contribution >= 4 is 28.1 Å². The molecule has 0 unspecified atom stereocenters. The first kappa shape index (κ1) is 17.0. The van der Waals surface area contributed by atoms with Crippen LogP contribution in [-0.2, 0) is 4.79 Å². The fourth-order valence-corrected chi connectivity index (χ4v) is 2.39. The average molecular weight is 377 g/mol. The average Bonchev–Trinajstić information content (AvgIpc) is 2.54. The molecule has 0 heterocycles. The molecule has 0 saturated carbocycles. The van der Waals surface area contributed by atoms with Crippen LogP contribution in [-0.4, -0.2) is 25.8 Å². The number of benzene rings is 2. The second-order valence-corrected chi connectivity index (χ2v) is 5.60. The molecule has 5 nitrogen and oxygen atoms in total. The predicted molar refractivity (Wildman–Crippen MR) is 93.1 cm³/mol. The number of carbonyl (C=O) groups excluding carboxylic acids is 1. The first-order valence-electron chi connectivity index (χ1n) is 6.94. The molecule has 0 saturated heterocycles. The normalized spacial score (nSPS) is 10.6. The molecule has 0 spiro atoms. The van der Waals surface area contributed by atoms with E-state index in [-0.39, 0.29) is 12.5 Å². The molecule has 6 heteroatoms. The number of methoxy groups -OCH3 is 1. The summed E-state index contributed by atoms with van der Waals surface area (Å²) in [7, 11) is 1.60. The standard InChI is InChI=1S/C17H17BrN2O3/c1-12-5-3-4-6-15(12)23-11-17(21)20-19-10-13-7-8-16(22-2)14(18)9-13/h3-10H,11H2,1-2H3,(H,20,21)/b19-10-. The Morgan fingerprint density at radius 1 is 1.26 bits per heavy atom. The highest BCUT2D eigenvalue weighted by Gasteiger charge is 2.03. The number of hydrogen-bond acceptors (Lipinski definition) is 4. The Morgan fingerprint density at radius 3 is 2.74 bits per heavy atom. The molecule has 2 rings (SSSR count). The number of nitrogens with zero attached hydrogens (tertiary/aromatic N) is 1. The number of nitrogens with one attached hydrogen (secondary N) is 1. The number of aryl methyl sites for hydroxylation is 1. The van der Waals surface area contributed by atoms with Crippen molar-refractivity contribution in [3.8, 4) is 11.5 Å². The van der Waals surface area contributed by atoms with Gasteiger partial charge in [0.15, 0.2) is 6.61 Å². The minimum absolute atomic E-state index is 0.0888. The zero-order valence-corrected chi connectivity index (χ0v) is 14.5. The third-order valence-electron chi connectivity index (χ3n) is 3.03. The molecule has 0 fully saturated rings. The topological polar surface area (TPSA) is 59.9 Å². The quantitative estimate of drug-likeness (QED) is 0.621. The largest absolute Gasteiger partial charge is 0.496 e. The third kappa shape index (κ3) is 5.10. The van der Waals surface area contributed by atoms with E-state index in [1.807, 2.05) is 49.4 Å². The number of para-hydroxylation sites is 1. The Labute approximate surface area is 143 Å². The van der Waals surface area contributed by atoms with Crippen LogP contribution in [0.4, 0.5) is 0 Å². The van der Waals surface area contributed by atoms with Crippen molar-refractivity contribution in [1.82, 2.24) is 5.43 Å². The zero-order valence-electron chi connectivity index (χ0n) is 12.9. The van der Waals surface area contributed by atoms with Crippen molar-refractivity contribution in [2.75, 3.05) is 13.7 Å². The van der Waals surface area contributed by atoms with E-state index in [0.717, 1.165) is 21.3 Å². The van der Waals surface area contributed by atoms with E-state index in [4.69, 9.17) is 9.47 Å². The number of ether oxygens (including phenoxy) is 2. The predicted octanol–water partition coefficient (Wildman–Crippen LogP) is 3.30. The van der Waals surface area contributed by atoms with E-state index in [0.29, 0.717) is 5.75 Å². The van der Waals surface area contributed by atoms with E-state index < -0.39 is 0 Å². The number of amides is 1. The minimum atomic E-state index is -0.322. The Balaban J connectivity index is 1.84. The monoisotopic (exact) mass is 376 g/mol. The Kier molecular flexibility index (Phi) is 6.17. The van der Waals surface area contributed by atoms with Gasteiger partial charge < -0.3 is 9.47 Å². The lowest BCUT2D eigenvalue weighted by molar-refractivity contribution is -0.123. The molecule has 23 heavy (non-hydrogen) atoms. The van der Waals surface area contributed by atoms with Crippen LogP contribution in [0.5, 0.6) is 11.5 Å². The Bertz CT molecular complexity index is 717. The van der Waals surface area contributed by atoms with Crippen LogP contribution in [0.15, 0.2) is 52.0 Å². The second-order valence-electron chi connectivity index (χ2n) is 4.74. The molecule has 1 amide bonds. The minimum Gasteiger partial charge on any atom is -0.496 e. The smallest absolute Gasteiger partial charge is 0.277 e. The van der Waals surface area contributed by atoms with Crippen molar-refractivity contribution in [3.05, 3.63) is 58.1 Å². The Morgan fingerprint density at radius 2 is 2.04 bits per heavy atom. The van der Waals surface area contributed by atoms with Gasteiger partial charge in [-0.15, -0.1) is 0 Å². The first-order chi connectivity index (χ1) is 11.1. The maximum Gasteiger partial charge on any atom is 0.277 e. The van der Waals surface area contributed by atoms with Crippen molar-refractivity contribution in [3.63, 3.8) is 0 Å². The van der Waals surface area contributed by atoms with Crippen molar-refractivity contribution in [2.24, 2.45) is 5.10 Å². The molecule has 1 N–H and O–H groups in total. The van der Waals surface area contributed by atoms with Gasteiger partial charge in [-0.05, 0) is 58.2 Å². The van der Waals surface area contributed by atoms with E-state index >= 15 is 0 Å². The van der Waals surface area contributed by atoms with Gasteiger partial charge in [-0.3, -0.25) is 4.79 Å². The van der Waals surface area contributed by atoms with Gasteiger partial charge in [-0.25, -0.2) is 5.43 Å². The highest BCUT2D eigenvalue weighted by atomic mass is 79.9. The summed E-state index contributed by atoms with van der Waals surface area (Å²) >= 11 is 3.39. The summed E-state index contributed by atoms with van der Waals surface area (Å²) in [4.78, 5) is 11.7. The van der Waals surface area contributed by atoms with Crippen LogP contribution < -0.4 is 14.9 Å². The lowest BCUT2D eigenvalue weighted by atomic mass is 10.2. The van der Waals surface area contributed by atoms with Gasteiger partial charge in [0.05, 0.1) is 17.8 Å². The van der Waals surface area contributed by atoms with Crippen molar-refractivity contribution in [2.45, 2.75) is 6.92 Å². The van der Waals surface area contributed by atoms with Gasteiger partial charge in [0.2, 0.25) is 0 Å². The van der Waals surface area contributed by atoms with Gasteiger partial charge in [-0.1, -0.05) is 18.2 Å². The van der Waals surface area contributed by atoms with Crippen LogP contribution in [0.2, 0.25) is 0 Å². The van der Waals surface area contributed by atoms with Gasteiger partial charge >= 0.3 is 0 Å². The summed E-state index contributed by atoms with van der Waals surface area (Å²) < 4.78 is 11.4. The lowest BCUT2D eigenvalue weighted by Gasteiger charge is -2.07. The van der Waals surface area contributed by atoms with Gasteiger partial charge in [0.25, 0.3) is 5.91 Å². The molecule has 0 radical (unpaired) electrons. The summed E-state index contributed by atoms with van der Waals surface area (Å²) in [5.41, 5.74) is 4.24. The number of hydrazone groups is 1. The summed E-state index contributed by atoms with van der Waals surface area (Å²) in [6.45, 7) is 1.83. The van der Waals surface area contributed by atoms with Crippen LogP contribution in [0.3, 0.4) is 0 Å². The van der Waals surface area contributed by atoms with Gasteiger partial charge in [0.1, 0.15) is 11.5 Å². The number of halogens is 1. The van der Waals surface area contributed by atoms with Crippen LogP contribution in [0.1, 0.15) is 11.1 Å². The Hall–Kier alpha value is -2.34. The van der Waals surface area contributed by atoms with Gasteiger partial charge in [0, 0.05) is 0 Å². The van der Waals surface area contributed by atoms with E-state index in [2.05, 4.69) is 26.5 Å². The van der Waals surface area contributed by atoms with Crippen LogP contribution in [0, 0.1) is 6.92 Å². The molecule has 2 aromatic carbocycles. The van der Waals surface area contributed by atoms with Gasteiger partial charge in [-0.2, -0.15) is 5.10 Å². The number of hydrogen-bond donors (Lipinski definition) is 1. The molecular weight excluding hydrogens is 360 g/mol. The van der Waals surface area contributed by atoms with Crippen molar-refractivity contribution < 1.29 is 14.3 Å². The van der Waals surface area contributed by atoms with Crippen LogP contribution in [0.25, 0.3) is 0 Å². The molecule has 120 valence electrons. The molecule has 0 aromatic heterocycles. The maximum atomic E-state index is 11.7. The summed E-state index contributed by atoms with van der Waals surface area (Å²) in [5.74, 6) is 1.10. The molecule has 0 aliphatic rings. The SMILES string of the molecule is COc1ccc(/C=N\NC(=O)COc2ccccc2C)cc1Br. The van der Waals surface area contributed by atoms with E-state index in [1.54, 1.807) is 13.3 Å². The molecule has 0 aliphatic heterocycles. The first-order valence-corrected chi connectivity index (χ1v) is 7.73. The highest BCUT2D eigenvalue weighted by molar-refractivity contribution is 9.10. The lowest BCUT2D eigenvalue weighted by Crippen LogP contribution is -2.24. The second kappa shape index (κ2) is 8.33. The fraction of sp³-hybridized carbons (Fsp3) is 0.176. The zero-order chi connectivity index (χ0) is 16.7. The summed E-state index contributed by atoms with van der Waals surface area (Å²) in [6, 6.07) is 13.0. The molecule has 0 bridgehead atoms. The third-order valence-corrected chi connectivity index (χ3v) is 3.65. The maximum absolute atomic E-state index is 11.7. The number of carbonyl (C=O) groups is 1. The number of rotatable bonds is 6. The highest BCUT2D eigenvalue weighted by Crippen LogP contribution is 2.24. The molecule has 0 aliphatic carbocycles. The molecular formula is C17H17BrN2O3. The van der Waals surface area contributed by atoms with E-state index in [9.17, 15) is 4.79 Å². The fourth-order valence-electron chi connectivity index (χ4n) is 1.84. The molecule has 0 atom stereocenters. The summed E-state index contributed by atoms with van der Waals surface area (Å²) in [5, 5.41) is 3.91. The van der Waals surface area contributed by atoms with Crippen molar-refractivity contribution in [1.29, 1.82) is 0 Å². The summed E-state index contributed by atoms with van der Waals surface area (Å²) in [6.07, 6.45) is 1.55. The van der Waals surface area contributed by atoms with E-state index in [1.165, 1.54) is 0 Å². The molecule has 2 aromatic rings.